The summed E-state index contributed by atoms with van der Waals surface area (Å²) in [5.74, 6) is 0.779. The molecule has 0 aliphatic carbocycles. The second-order valence-corrected chi connectivity index (χ2v) is 5.10. The minimum atomic E-state index is 0.0691. The molecule has 3 unspecified atom stereocenters. The average molecular weight is 233 g/mol. The fraction of sp³-hybridized carbons (Fsp3) is 0.538. The maximum absolute atomic E-state index is 9.61. The Hall–Kier alpha value is -1.26. The van der Waals surface area contributed by atoms with Crippen LogP contribution in [0.15, 0.2) is 18.2 Å². The second kappa shape index (κ2) is 3.89. The Morgan fingerprint density at radius 2 is 2.29 bits per heavy atom. The highest BCUT2D eigenvalue weighted by molar-refractivity contribution is 5.61. The molecule has 4 heteroatoms. The van der Waals surface area contributed by atoms with Gasteiger partial charge in [-0.25, -0.2) is 0 Å². The van der Waals surface area contributed by atoms with Crippen molar-refractivity contribution in [2.75, 3.05) is 25.0 Å². The number of piperidine rings is 1. The third-order valence-corrected chi connectivity index (χ3v) is 4.20. The lowest BCUT2D eigenvalue weighted by molar-refractivity contribution is 0.262. The Morgan fingerprint density at radius 1 is 1.47 bits per heavy atom. The first kappa shape index (κ1) is 10.9. The molecule has 17 heavy (non-hydrogen) atoms. The summed E-state index contributed by atoms with van der Waals surface area (Å²) < 4.78 is 0. The minimum Gasteiger partial charge on any atom is -0.508 e. The van der Waals surface area contributed by atoms with Gasteiger partial charge in [0.2, 0.25) is 0 Å². The van der Waals surface area contributed by atoms with Crippen molar-refractivity contribution in [2.24, 2.45) is 11.7 Å². The van der Waals surface area contributed by atoms with Gasteiger partial charge in [-0.05, 0) is 24.6 Å². The monoisotopic (exact) mass is 233 g/mol. The van der Waals surface area contributed by atoms with Crippen LogP contribution in [0.25, 0.3) is 0 Å². The molecule has 0 aromatic heterocycles. The maximum atomic E-state index is 9.61. The molecule has 1 aromatic rings. The van der Waals surface area contributed by atoms with Crippen LogP contribution >= 0.6 is 0 Å². The predicted octanol–water partition coefficient (Wildman–Crippen LogP) is 0.820. The van der Waals surface area contributed by atoms with Gasteiger partial charge in [-0.2, -0.15) is 0 Å². The van der Waals surface area contributed by atoms with Crippen molar-refractivity contribution in [3.8, 4) is 5.75 Å². The van der Waals surface area contributed by atoms with E-state index in [1.807, 2.05) is 12.1 Å². The van der Waals surface area contributed by atoms with Gasteiger partial charge in [-0.1, -0.05) is 6.07 Å². The van der Waals surface area contributed by atoms with Crippen molar-refractivity contribution in [2.45, 2.75) is 18.5 Å². The topological polar surface area (TPSA) is 61.5 Å². The number of fused-ring (bicyclic) bond motifs is 2. The average Bonchev–Trinajstić information content (AvgIpc) is 2.36. The van der Waals surface area contributed by atoms with Gasteiger partial charge in [0.15, 0.2) is 0 Å². The molecule has 3 rings (SSSR count). The van der Waals surface area contributed by atoms with Crippen molar-refractivity contribution >= 4 is 5.69 Å². The van der Waals surface area contributed by atoms with Crippen LogP contribution < -0.4 is 16.0 Å². The standard InChI is InChI=1S/C13H19N3O/c1-16-11-4-5-15-7-10(11)13(14)9-3-2-8(17)6-12(9)16/h2-3,6,10-11,13,15,17H,4-5,7,14H2,1H3. The van der Waals surface area contributed by atoms with Gasteiger partial charge in [0.1, 0.15) is 5.75 Å². The molecule has 1 aromatic carbocycles. The summed E-state index contributed by atoms with van der Waals surface area (Å²) in [5, 5.41) is 13.0. The zero-order chi connectivity index (χ0) is 12.0. The molecule has 4 N–H and O–H groups in total. The molecule has 2 aliphatic heterocycles. The summed E-state index contributed by atoms with van der Waals surface area (Å²) >= 11 is 0. The molecule has 1 fully saturated rings. The summed E-state index contributed by atoms with van der Waals surface area (Å²) in [6.45, 7) is 2.03. The number of hydrogen-bond donors (Lipinski definition) is 3. The van der Waals surface area contributed by atoms with Crippen LogP contribution in [0.1, 0.15) is 18.0 Å². The first-order chi connectivity index (χ1) is 8.18. The van der Waals surface area contributed by atoms with Gasteiger partial charge >= 0.3 is 0 Å². The van der Waals surface area contributed by atoms with Crippen molar-refractivity contribution in [1.29, 1.82) is 0 Å². The molecule has 92 valence electrons. The van der Waals surface area contributed by atoms with Crippen LogP contribution in [0, 0.1) is 5.92 Å². The molecule has 4 nitrogen and oxygen atoms in total. The second-order valence-electron chi connectivity index (χ2n) is 5.10. The van der Waals surface area contributed by atoms with Gasteiger partial charge in [-0.15, -0.1) is 0 Å². The molecule has 0 saturated carbocycles. The molecule has 2 heterocycles. The third-order valence-electron chi connectivity index (χ3n) is 4.20. The number of nitrogens with two attached hydrogens (primary N) is 1. The highest BCUT2D eigenvalue weighted by Gasteiger charge is 2.39. The lowest BCUT2D eigenvalue weighted by Crippen LogP contribution is -2.55. The van der Waals surface area contributed by atoms with Crippen molar-refractivity contribution in [1.82, 2.24) is 5.32 Å². The van der Waals surface area contributed by atoms with E-state index >= 15 is 0 Å². The molecular formula is C13H19N3O. The Labute approximate surface area is 101 Å². The quantitative estimate of drug-likeness (QED) is 0.621. The third kappa shape index (κ3) is 1.59. The van der Waals surface area contributed by atoms with Gasteiger partial charge in [0, 0.05) is 43.3 Å². The van der Waals surface area contributed by atoms with Gasteiger partial charge in [0.25, 0.3) is 0 Å². The lowest BCUT2D eigenvalue weighted by atomic mass is 9.79. The van der Waals surface area contributed by atoms with Crippen LogP contribution in [0.5, 0.6) is 5.75 Å². The maximum Gasteiger partial charge on any atom is 0.117 e. The fourth-order valence-electron chi connectivity index (χ4n) is 3.24. The van der Waals surface area contributed by atoms with Crippen molar-refractivity contribution in [3.05, 3.63) is 23.8 Å². The van der Waals surface area contributed by atoms with Crippen LogP contribution in [0.2, 0.25) is 0 Å². The van der Waals surface area contributed by atoms with Crippen molar-refractivity contribution < 1.29 is 5.11 Å². The minimum absolute atomic E-state index is 0.0691. The van der Waals surface area contributed by atoms with E-state index in [-0.39, 0.29) is 6.04 Å². The smallest absolute Gasteiger partial charge is 0.117 e. The van der Waals surface area contributed by atoms with Crippen molar-refractivity contribution in [3.63, 3.8) is 0 Å². The van der Waals surface area contributed by atoms with E-state index in [0.717, 1.165) is 30.8 Å². The number of anilines is 1. The van der Waals surface area contributed by atoms with Gasteiger partial charge < -0.3 is 21.1 Å². The summed E-state index contributed by atoms with van der Waals surface area (Å²) in [7, 11) is 2.10. The molecule has 0 spiro atoms. The number of phenolic OH excluding ortho intramolecular Hbond substituents is 1. The lowest BCUT2D eigenvalue weighted by Gasteiger charge is -2.47. The Balaban J connectivity index is 2.07. The fourth-order valence-corrected chi connectivity index (χ4v) is 3.24. The van der Waals surface area contributed by atoms with Crippen LogP contribution in [-0.2, 0) is 0 Å². The Bertz CT molecular complexity index is 435. The summed E-state index contributed by atoms with van der Waals surface area (Å²) in [6.07, 6.45) is 1.12. The number of benzene rings is 1. The van der Waals surface area contributed by atoms with Crippen LogP contribution in [0.4, 0.5) is 5.69 Å². The molecule has 3 atom stereocenters. The molecule has 0 radical (unpaired) electrons. The van der Waals surface area contributed by atoms with Gasteiger partial charge in [0.05, 0.1) is 0 Å². The first-order valence-corrected chi connectivity index (χ1v) is 6.20. The number of hydrogen-bond acceptors (Lipinski definition) is 4. The molecule has 2 aliphatic rings. The summed E-state index contributed by atoms with van der Waals surface area (Å²) in [6, 6.07) is 6.06. The van der Waals surface area contributed by atoms with E-state index in [4.69, 9.17) is 5.73 Å². The van der Waals surface area contributed by atoms with E-state index in [1.165, 1.54) is 0 Å². The Kier molecular flexibility index (Phi) is 2.49. The SMILES string of the molecule is CN1c2cc(O)ccc2C(N)C2CNCCC21. The highest BCUT2D eigenvalue weighted by atomic mass is 16.3. The summed E-state index contributed by atoms with van der Waals surface area (Å²) in [5.41, 5.74) is 8.60. The number of nitrogens with zero attached hydrogens (tertiary/aromatic N) is 1. The normalized spacial score (nSPS) is 31.9. The number of phenols is 1. The predicted molar refractivity (Wildman–Crippen MR) is 68.2 cm³/mol. The van der Waals surface area contributed by atoms with E-state index in [9.17, 15) is 5.11 Å². The van der Waals surface area contributed by atoms with E-state index in [1.54, 1.807) is 6.07 Å². The number of aromatic hydroxyl groups is 1. The molecule has 1 saturated heterocycles. The molecular weight excluding hydrogens is 214 g/mol. The molecule has 0 amide bonds. The van der Waals surface area contributed by atoms with Crippen LogP contribution in [0.3, 0.4) is 0 Å². The molecule has 0 bridgehead atoms. The van der Waals surface area contributed by atoms with E-state index in [0.29, 0.717) is 17.7 Å². The largest absolute Gasteiger partial charge is 0.508 e. The zero-order valence-electron chi connectivity index (χ0n) is 10.1. The first-order valence-electron chi connectivity index (χ1n) is 6.20. The number of nitrogens with one attached hydrogen (secondary N) is 1. The number of rotatable bonds is 0. The highest BCUT2D eigenvalue weighted by Crippen LogP contribution is 2.41. The van der Waals surface area contributed by atoms with Gasteiger partial charge in [-0.3, -0.25) is 0 Å². The van der Waals surface area contributed by atoms with E-state index in [2.05, 4.69) is 17.3 Å². The Morgan fingerprint density at radius 3 is 3.12 bits per heavy atom. The zero-order valence-corrected chi connectivity index (χ0v) is 10.1. The summed E-state index contributed by atoms with van der Waals surface area (Å²) in [4.78, 5) is 2.28. The van der Waals surface area contributed by atoms with E-state index < -0.39 is 0 Å². The van der Waals surface area contributed by atoms with Crippen LogP contribution in [-0.4, -0.2) is 31.3 Å².